The van der Waals surface area contributed by atoms with Crippen LogP contribution in [-0.2, 0) is 19.4 Å². The lowest BCUT2D eigenvalue weighted by Gasteiger charge is -2.31. The van der Waals surface area contributed by atoms with Gasteiger partial charge in [0.15, 0.2) is 11.5 Å². The van der Waals surface area contributed by atoms with Crippen LogP contribution in [0.3, 0.4) is 0 Å². The minimum Gasteiger partial charge on any atom is -0.355 e. The van der Waals surface area contributed by atoms with Gasteiger partial charge in [0.2, 0.25) is 0 Å². The summed E-state index contributed by atoms with van der Waals surface area (Å²) in [5.41, 5.74) is 3.28. The number of carbonyl (C=O) groups excluding carboxylic acids is 1. The zero-order chi connectivity index (χ0) is 21.2. The number of hydrogen-bond donors (Lipinski definition) is 0. The molecule has 0 spiro atoms. The van der Waals surface area contributed by atoms with Crippen molar-refractivity contribution >= 4 is 5.91 Å². The molecule has 8 heteroatoms. The second kappa shape index (κ2) is 8.45. The molecule has 1 aliphatic carbocycles. The fraction of sp³-hybridized carbons (Fsp3) is 0.435. The molecule has 2 aliphatic rings. The summed E-state index contributed by atoms with van der Waals surface area (Å²) in [7, 11) is 0. The Hall–Kier alpha value is -3.29. The van der Waals surface area contributed by atoms with E-state index in [1.165, 1.54) is 0 Å². The van der Waals surface area contributed by atoms with Gasteiger partial charge in [-0.1, -0.05) is 5.16 Å². The maximum Gasteiger partial charge on any atom is 0.276 e. The summed E-state index contributed by atoms with van der Waals surface area (Å²) in [5, 5.41) is 8.59. The molecule has 3 aromatic rings. The summed E-state index contributed by atoms with van der Waals surface area (Å²) in [4.78, 5) is 31.2. The minimum absolute atomic E-state index is 0.00955. The van der Waals surface area contributed by atoms with E-state index in [0.717, 1.165) is 55.3 Å². The van der Waals surface area contributed by atoms with Gasteiger partial charge in [-0.3, -0.25) is 14.6 Å². The highest BCUT2D eigenvalue weighted by Gasteiger charge is 2.27. The van der Waals surface area contributed by atoms with Crippen molar-refractivity contribution in [3.63, 3.8) is 0 Å². The van der Waals surface area contributed by atoms with Crippen LogP contribution in [0, 0.1) is 5.92 Å². The van der Waals surface area contributed by atoms with Crippen LogP contribution < -0.4 is 5.56 Å². The van der Waals surface area contributed by atoms with Crippen LogP contribution in [-0.4, -0.2) is 43.8 Å². The van der Waals surface area contributed by atoms with Crippen molar-refractivity contribution < 1.29 is 9.32 Å². The van der Waals surface area contributed by atoms with Crippen LogP contribution in [0.4, 0.5) is 0 Å². The van der Waals surface area contributed by atoms with E-state index in [1.54, 1.807) is 29.2 Å². The first kappa shape index (κ1) is 19.7. The van der Waals surface area contributed by atoms with E-state index in [9.17, 15) is 9.59 Å². The standard InChI is InChI=1S/C23H25N5O3/c29-22-12-17-4-1-2-6-19(17)25-28(22)15-16-7-10-27(11-8-16)23(30)20-13-21(31-26-20)18-5-3-9-24-14-18/h3,5,9,12-14,16H,1-2,4,6-8,10-11,15H2. The first-order valence-electron chi connectivity index (χ1n) is 10.9. The molecule has 0 N–H and O–H groups in total. The predicted molar refractivity (Wildman–Crippen MR) is 114 cm³/mol. The average Bonchev–Trinajstić information content (AvgIpc) is 3.31. The Bertz CT molecular complexity index is 1130. The molecule has 0 radical (unpaired) electrons. The second-order valence-electron chi connectivity index (χ2n) is 8.40. The van der Waals surface area contributed by atoms with Crippen LogP contribution in [0.25, 0.3) is 11.3 Å². The normalized spacial score (nSPS) is 16.8. The fourth-order valence-electron chi connectivity index (χ4n) is 4.48. The number of nitrogens with zero attached hydrogens (tertiary/aromatic N) is 5. The molecule has 8 nitrogen and oxygen atoms in total. The SMILES string of the molecule is O=C(c1cc(-c2cccnc2)on1)N1CCC(Cn2nc3c(cc2=O)CCCC3)CC1. The number of rotatable bonds is 4. The highest BCUT2D eigenvalue weighted by Crippen LogP contribution is 2.23. The second-order valence-corrected chi connectivity index (χ2v) is 8.40. The molecule has 5 rings (SSSR count). The van der Waals surface area contributed by atoms with E-state index in [1.807, 2.05) is 17.0 Å². The van der Waals surface area contributed by atoms with Crippen LogP contribution >= 0.6 is 0 Å². The number of hydrogen-bond acceptors (Lipinski definition) is 6. The Morgan fingerprint density at radius 2 is 2.00 bits per heavy atom. The monoisotopic (exact) mass is 419 g/mol. The molecule has 0 aromatic carbocycles. The molecule has 0 unspecified atom stereocenters. The smallest absolute Gasteiger partial charge is 0.276 e. The molecule has 31 heavy (non-hydrogen) atoms. The van der Waals surface area contributed by atoms with E-state index in [0.29, 0.717) is 37.0 Å². The van der Waals surface area contributed by atoms with Crippen LogP contribution in [0.5, 0.6) is 0 Å². The molecule has 4 heterocycles. The maximum absolute atomic E-state index is 12.8. The van der Waals surface area contributed by atoms with Crippen molar-refractivity contribution in [3.8, 4) is 11.3 Å². The molecule has 0 bridgehead atoms. The molecular formula is C23H25N5O3. The van der Waals surface area contributed by atoms with Crippen molar-refractivity contribution in [2.75, 3.05) is 13.1 Å². The minimum atomic E-state index is -0.124. The third-order valence-corrected chi connectivity index (χ3v) is 6.28. The zero-order valence-corrected chi connectivity index (χ0v) is 17.4. The maximum atomic E-state index is 12.8. The fourth-order valence-corrected chi connectivity index (χ4v) is 4.48. The molecule has 1 aliphatic heterocycles. The molecule has 3 aromatic heterocycles. The Labute approximate surface area is 179 Å². The van der Waals surface area contributed by atoms with Gasteiger partial charge in [0.25, 0.3) is 11.5 Å². The Kier molecular flexibility index (Phi) is 5.36. The Morgan fingerprint density at radius 3 is 2.81 bits per heavy atom. The number of likely N-dealkylation sites (tertiary alicyclic amines) is 1. The lowest BCUT2D eigenvalue weighted by molar-refractivity contribution is 0.0670. The first-order chi connectivity index (χ1) is 15.2. The molecule has 1 amide bonds. The van der Waals surface area contributed by atoms with Crippen LogP contribution in [0.15, 0.2) is 46.0 Å². The van der Waals surface area contributed by atoms with E-state index >= 15 is 0 Å². The largest absolute Gasteiger partial charge is 0.355 e. The molecular weight excluding hydrogens is 394 g/mol. The van der Waals surface area contributed by atoms with Crippen LogP contribution in [0.2, 0.25) is 0 Å². The molecule has 160 valence electrons. The highest BCUT2D eigenvalue weighted by atomic mass is 16.5. The Morgan fingerprint density at radius 1 is 1.16 bits per heavy atom. The van der Waals surface area contributed by atoms with Gasteiger partial charge in [0.05, 0.1) is 5.69 Å². The number of pyridine rings is 1. The Balaban J connectivity index is 1.21. The van der Waals surface area contributed by atoms with Gasteiger partial charge in [-0.15, -0.1) is 0 Å². The summed E-state index contributed by atoms with van der Waals surface area (Å²) in [6.07, 6.45) is 9.24. The van der Waals surface area contributed by atoms with Gasteiger partial charge in [0.1, 0.15) is 0 Å². The van der Waals surface area contributed by atoms with E-state index in [4.69, 9.17) is 4.52 Å². The van der Waals surface area contributed by atoms with Crippen molar-refractivity contribution in [1.29, 1.82) is 0 Å². The van der Waals surface area contributed by atoms with Gasteiger partial charge in [0, 0.05) is 49.7 Å². The number of carbonyl (C=O) groups is 1. The number of amides is 1. The summed E-state index contributed by atoms with van der Waals surface area (Å²) in [6, 6.07) is 7.11. The van der Waals surface area contributed by atoms with Crippen molar-refractivity contribution in [2.24, 2.45) is 5.92 Å². The topological polar surface area (TPSA) is 94.1 Å². The van der Waals surface area contributed by atoms with Gasteiger partial charge < -0.3 is 9.42 Å². The van der Waals surface area contributed by atoms with Crippen molar-refractivity contribution in [2.45, 2.75) is 45.1 Å². The third-order valence-electron chi connectivity index (χ3n) is 6.28. The predicted octanol–water partition coefficient (Wildman–Crippen LogP) is 2.72. The van der Waals surface area contributed by atoms with Gasteiger partial charge in [-0.05, 0) is 62.1 Å². The molecule has 1 fully saturated rings. The zero-order valence-electron chi connectivity index (χ0n) is 17.4. The summed E-state index contributed by atoms with van der Waals surface area (Å²) in [5.74, 6) is 0.741. The molecule has 0 atom stereocenters. The van der Waals surface area contributed by atoms with Crippen molar-refractivity contribution in [1.82, 2.24) is 24.8 Å². The number of aryl methyl sites for hydroxylation is 2. The third kappa shape index (κ3) is 4.15. The van der Waals surface area contributed by atoms with Crippen molar-refractivity contribution in [3.05, 3.63) is 64.0 Å². The summed E-state index contributed by atoms with van der Waals surface area (Å²) < 4.78 is 6.97. The number of aromatic nitrogens is 4. The average molecular weight is 419 g/mol. The van der Waals surface area contributed by atoms with Gasteiger partial charge in [-0.2, -0.15) is 5.10 Å². The number of fused-ring (bicyclic) bond motifs is 1. The summed E-state index contributed by atoms with van der Waals surface area (Å²) >= 11 is 0. The van der Waals surface area contributed by atoms with E-state index in [-0.39, 0.29) is 11.5 Å². The lowest BCUT2D eigenvalue weighted by Crippen LogP contribution is -2.40. The van der Waals surface area contributed by atoms with E-state index < -0.39 is 0 Å². The summed E-state index contributed by atoms with van der Waals surface area (Å²) in [6.45, 7) is 1.89. The first-order valence-corrected chi connectivity index (χ1v) is 10.9. The van der Waals surface area contributed by atoms with E-state index in [2.05, 4.69) is 15.2 Å². The van der Waals surface area contributed by atoms with Crippen LogP contribution in [0.1, 0.15) is 47.4 Å². The lowest BCUT2D eigenvalue weighted by atomic mass is 9.95. The quantitative estimate of drug-likeness (QED) is 0.645. The molecule has 0 saturated carbocycles. The molecule has 1 saturated heterocycles. The van der Waals surface area contributed by atoms with Gasteiger partial charge in [-0.25, -0.2) is 4.68 Å². The highest BCUT2D eigenvalue weighted by molar-refractivity contribution is 5.93. The van der Waals surface area contributed by atoms with Gasteiger partial charge >= 0.3 is 0 Å². The number of piperidine rings is 1.